The molecule has 0 unspecified atom stereocenters. The first kappa shape index (κ1) is 16.8. The van der Waals surface area contributed by atoms with E-state index in [1.807, 2.05) is 12.1 Å². The number of nitrogens with zero attached hydrogens (tertiary/aromatic N) is 1. The molecule has 2 aromatic rings. The standard InChI is InChI=1S/C18H16Cl2N2O2/c19-14-3-1-12(2-4-14)10-21-18(24)13-9-17(23)22(11-13)16-7-5-15(20)6-8-16/h1-8,13H,9-11H2,(H,21,24)/t13-/m0/s1. The van der Waals surface area contributed by atoms with E-state index in [2.05, 4.69) is 5.32 Å². The van der Waals surface area contributed by atoms with Gasteiger partial charge in [0.05, 0.1) is 5.92 Å². The Labute approximate surface area is 150 Å². The highest BCUT2D eigenvalue weighted by molar-refractivity contribution is 6.30. The number of amides is 2. The number of hydrogen-bond acceptors (Lipinski definition) is 2. The zero-order valence-corrected chi connectivity index (χ0v) is 14.3. The average Bonchev–Trinajstić information content (AvgIpc) is 2.97. The SMILES string of the molecule is O=C(NCc1ccc(Cl)cc1)[C@H]1CC(=O)N(c2ccc(Cl)cc2)C1. The van der Waals surface area contributed by atoms with Crippen molar-refractivity contribution in [2.75, 3.05) is 11.4 Å². The molecule has 2 amide bonds. The van der Waals surface area contributed by atoms with Crippen molar-refractivity contribution in [1.29, 1.82) is 0 Å². The van der Waals surface area contributed by atoms with Gasteiger partial charge in [-0.15, -0.1) is 0 Å². The van der Waals surface area contributed by atoms with Crippen molar-refractivity contribution in [2.45, 2.75) is 13.0 Å². The lowest BCUT2D eigenvalue weighted by Crippen LogP contribution is -2.32. The summed E-state index contributed by atoms with van der Waals surface area (Å²) in [5, 5.41) is 4.15. The number of nitrogens with one attached hydrogen (secondary N) is 1. The van der Waals surface area contributed by atoms with Crippen LogP contribution in [0, 0.1) is 5.92 Å². The molecule has 1 aliphatic rings. The van der Waals surface area contributed by atoms with Gasteiger partial charge in [-0.2, -0.15) is 0 Å². The Morgan fingerprint density at radius 1 is 1.04 bits per heavy atom. The van der Waals surface area contributed by atoms with Crippen LogP contribution in [0.1, 0.15) is 12.0 Å². The van der Waals surface area contributed by atoms with Gasteiger partial charge in [-0.3, -0.25) is 9.59 Å². The minimum atomic E-state index is -0.347. The monoisotopic (exact) mass is 362 g/mol. The largest absolute Gasteiger partial charge is 0.352 e. The molecule has 0 aliphatic carbocycles. The first-order chi connectivity index (χ1) is 11.5. The van der Waals surface area contributed by atoms with Crippen molar-refractivity contribution >= 4 is 40.7 Å². The molecule has 3 rings (SSSR count). The number of anilines is 1. The van der Waals surface area contributed by atoms with Gasteiger partial charge in [0.1, 0.15) is 0 Å². The quantitative estimate of drug-likeness (QED) is 0.901. The Kier molecular flexibility index (Phi) is 5.07. The van der Waals surface area contributed by atoms with Gasteiger partial charge in [-0.25, -0.2) is 0 Å². The second-order valence-electron chi connectivity index (χ2n) is 5.73. The van der Waals surface area contributed by atoms with Crippen LogP contribution >= 0.6 is 23.2 Å². The molecule has 124 valence electrons. The van der Waals surface area contributed by atoms with Gasteiger partial charge in [-0.05, 0) is 42.0 Å². The van der Waals surface area contributed by atoms with Crippen LogP contribution < -0.4 is 10.2 Å². The number of carbonyl (C=O) groups excluding carboxylic acids is 2. The first-order valence-corrected chi connectivity index (χ1v) is 8.36. The number of halogens is 2. The molecule has 0 saturated carbocycles. The van der Waals surface area contributed by atoms with Gasteiger partial charge < -0.3 is 10.2 Å². The molecule has 1 heterocycles. The van der Waals surface area contributed by atoms with Crippen molar-refractivity contribution in [1.82, 2.24) is 5.32 Å². The molecule has 2 aromatic carbocycles. The maximum absolute atomic E-state index is 12.3. The summed E-state index contributed by atoms with van der Waals surface area (Å²) in [7, 11) is 0. The van der Waals surface area contributed by atoms with E-state index in [0.717, 1.165) is 11.3 Å². The van der Waals surface area contributed by atoms with Crippen LogP contribution in [0.5, 0.6) is 0 Å². The number of hydrogen-bond donors (Lipinski definition) is 1. The van der Waals surface area contributed by atoms with Gasteiger partial charge in [0.15, 0.2) is 0 Å². The van der Waals surface area contributed by atoms with E-state index in [9.17, 15) is 9.59 Å². The van der Waals surface area contributed by atoms with E-state index in [1.54, 1.807) is 41.3 Å². The molecular formula is C18H16Cl2N2O2. The highest BCUT2D eigenvalue weighted by atomic mass is 35.5. The molecule has 0 bridgehead atoms. The molecule has 1 aliphatic heterocycles. The van der Waals surface area contributed by atoms with E-state index in [4.69, 9.17) is 23.2 Å². The van der Waals surface area contributed by atoms with E-state index in [1.165, 1.54) is 0 Å². The Hall–Kier alpha value is -2.04. The second-order valence-corrected chi connectivity index (χ2v) is 6.60. The minimum Gasteiger partial charge on any atom is -0.352 e. The van der Waals surface area contributed by atoms with E-state index >= 15 is 0 Å². The minimum absolute atomic E-state index is 0.0519. The lowest BCUT2D eigenvalue weighted by Gasteiger charge is -2.16. The summed E-state index contributed by atoms with van der Waals surface area (Å²) < 4.78 is 0. The molecule has 1 saturated heterocycles. The van der Waals surface area contributed by atoms with Crippen LogP contribution in [0.25, 0.3) is 0 Å². The van der Waals surface area contributed by atoms with Gasteiger partial charge in [0.2, 0.25) is 11.8 Å². The van der Waals surface area contributed by atoms with Crippen LogP contribution in [0.4, 0.5) is 5.69 Å². The second kappa shape index (κ2) is 7.24. The first-order valence-electron chi connectivity index (χ1n) is 7.61. The Morgan fingerprint density at radius 3 is 2.25 bits per heavy atom. The predicted octanol–water partition coefficient (Wildman–Crippen LogP) is 3.66. The Bertz CT molecular complexity index is 745. The van der Waals surface area contributed by atoms with Gasteiger partial charge >= 0.3 is 0 Å². The Balaban J connectivity index is 1.59. The van der Waals surface area contributed by atoms with Crippen molar-refractivity contribution < 1.29 is 9.59 Å². The number of carbonyl (C=O) groups is 2. The maximum Gasteiger partial charge on any atom is 0.227 e. The van der Waals surface area contributed by atoms with Gasteiger partial charge in [0.25, 0.3) is 0 Å². The molecular weight excluding hydrogens is 347 g/mol. The van der Waals surface area contributed by atoms with Crippen molar-refractivity contribution in [3.63, 3.8) is 0 Å². The predicted molar refractivity (Wildman–Crippen MR) is 95.2 cm³/mol. The number of rotatable bonds is 4. The van der Waals surface area contributed by atoms with E-state index in [0.29, 0.717) is 23.1 Å². The van der Waals surface area contributed by atoms with Crippen molar-refractivity contribution in [3.05, 3.63) is 64.1 Å². The molecule has 0 radical (unpaired) electrons. The highest BCUT2D eigenvalue weighted by Gasteiger charge is 2.34. The summed E-state index contributed by atoms with van der Waals surface area (Å²) in [4.78, 5) is 26.1. The maximum atomic E-state index is 12.3. The van der Waals surface area contributed by atoms with Gasteiger partial charge in [0, 0.05) is 35.2 Å². The van der Waals surface area contributed by atoms with Crippen LogP contribution in [0.3, 0.4) is 0 Å². The van der Waals surface area contributed by atoms with Crippen LogP contribution in [-0.4, -0.2) is 18.4 Å². The zero-order valence-electron chi connectivity index (χ0n) is 12.8. The third-order valence-electron chi connectivity index (χ3n) is 4.01. The molecule has 4 nitrogen and oxygen atoms in total. The fourth-order valence-corrected chi connectivity index (χ4v) is 2.94. The summed E-state index contributed by atoms with van der Waals surface area (Å²) in [6.45, 7) is 0.800. The fourth-order valence-electron chi connectivity index (χ4n) is 2.69. The smallest absolute Gasteiger partial charge is 0.227 e. The van der Waals surface area contributed by atoms with Crippen LogP contribution in [-0.2, 0) is 16.1 Å². The topological polar surface area (TPSA) is 49.4 Å². The third-order valence-corrected chi connectivity index (χ3v) is 4.52. The van der Waals surface area contributed by atoms with Crippen molar-refractivity contribution in [3.8, 4) is 0 Å². The lowest BCUT2D eigenvalue weighted by atomic mass is 10.1. The van der Waals surface area contributed by atoms with Crippen LogP contribution in [0.2, 0.25) is 10.0 Å². The lowest BCUT2D eigenvalue weighted by molar-refractivity contribution is -0.126. The summed E-state index contributed by atoms with van der Waals surface area (Å²) in [6, 6.07) is 14.3. The number of benzene rings is 2. The molecule has 6 heteroatoms. The third kappa shape index (κ3) is 3.89. The van der Waals surface area contributed by atoms with Crippen LogP contribution in [0.15, 0.2) is 48.5 Å². The van der Waals surface area contributed by atoms with Gasteiger partial charge in [-0.1, -0.05) is 35.3 Å². The highest BCUT2D eigenvalue weighted by Crippen LogP contribution is 2.26. The molecule has 0 spiro atoms. The molecule has 1 N–H and O–H groups in total. The van der Waals surface area contributed by atoms with Crippen molar-refractivity contribution in [2.24, 2.45) is 5.92 Å². The summed E-state index contributed by atoms with van der Waals surface area (Å²) in [5.74, 6) is -0.515. The normalized spacial score (nSPS) is 17.2. The van der Waals surface area contributed by atoms with E-state index in [-0.39, 0.29) is 24.2 Å². The molecule has 0 aromatic heterocycles. The summed E-state index contributed by atoms with van der Waals surface area (Å²) >= 11 is 11.7. The Morgan fingerprint density at radius 2 is 1.62 bits per heavy atom. The fraction of sp³-hybridized carbons (Fsp3) is 0.222. The summed E-state index contributed by atoms with van der Waals surface area (Å²) in [5.41, 5.74) is 1.73. The molecule has 1 atom stereocenters. The zero-order chi connectivity index (χ0) is 17.1. The average molecular weight is 363 g/mol. The summed E-state index contributed by atoms with van der Waals surface area (Å²) in [6.07, 6.45) is 0.217. The molecule has 24 heavy (non-hydrogen) atoms. The van der Waals surface area contributed by atoms with E-state index < -0.39 is 0 Å². The molecule has 1 fully saturated rings.